The number of nitrogens with zero attached hydrogens (tertiary/aromatic N) is 1. The molecule has 1 N–H and O–H groups in total. The van der Waals surface area contributed by atoms with Crippen LogP contribution in [0.3, 0.4) is 0 Å². The first-order chi connectivity index (χ1) is 13.3. The molecule has 0 bridgehead atoms. The predicted molar refractivity (Wildman–Crippen MR) is 110 cm³/mol. The molecule has 2 aromatic carbocycles. The Balaban J connectivity index is 2.03. The van der Waals surface area contributed by atoms with Crippen molar-refractivity contribution in [3.8, 4) is 16.9 Å². The van der Waals surface area contributed by atoms with E-state index in [9.17, 15) is 18.3 Å². The number of carbonyl (C=O) groups is 1. The van der Waals surface area contributed by atoms with E-state index < -0.39 is 16.0 Å². The van der Waals surface area contributed by atoms with Crippen molar-refractivity contribution in [2.24, 2.45) is 0 Å². The van der Waals surface area contributed by atoms with Crippen LogP contribution in [0, 0.1) is 0 Å². The Morgan fingerprint density at radius 1 is 1.14 bits per heavy atom. The van der Waals surface area contributed by atoms with Gasteiger partial charge in [-0.25, -0.2) is 13.2 Å². The average Bonchev–Trinajstić information content (AvgIpc) is 2.86. The van der Waals surface area contributed by atoms with Crippen LogP contribution in [-0.4, -0.2) is 38.9 Å². The lowest BCUT2D eigenvalue weighted by Gasteiger charge is -2.22. The quantitative estimate of drug-likeness (QED) is 0.796. The number of benzene rings is 2. The molecule has 6 nitrogen and oxygen atoms in total. The Labute approximate surface area is 165 Å². The lowest BCUT2D eigenvalue weighted by atomic mass is 10.0. The first-order valence-corrected chi connectivity index (χ1v) is 10.9. The lowest BCUT2D eigenvalue weighted by Crippen LogP contribution is -2.31. The maximum Gasteiger partial charge on any atom is 0.331 e. The molecule has 1 aliphatic heterocycles. The van der Waals surface area contributed by atoms with Gasteiger partial charge in [-0.05, 0) is 59.9 Å². The number of anilines is 1. The van der Waals surface area contributed by atoms with Crippen LogP contribution >= 0.6 is 0 Å². The summed E-state index contributed by atoms with van der Waals surface area (Å²) in [5.41, 5.74) is 3.06. The van der Waals surface area contributed by atoms with Crippen LogP contribution in [0.4, 0.5) is 5.69 Å². The van der Waals surface area contributed by atoms with Crippen molar-refractivity contribution in [1.29, 1.82) is 0 Å². The molecule has 1 aliphatic rings. The van der Waals surface area contributed by atoms with Crippen molar-refractivity contribution in [3.63, 3.8) is 0 Å². The van der Waals surface area contributed by atoms with E-state index in [1.165, 1.54) is 4.31 Å². The molecule has 0 spiro atoms. The Hall–Kier alpha value is -2.80. The van der Waals surface area contributed by atoms with Gasteiger partial charge in [0.05, 0.1) is 18.6 Å². The summed E-state index contributed by atoms with van der Waals surface area (Å²) in [6.45, 7) is 2.80. The zero-order valence-electron chi connectivity index (χ0n) is 15.9. The van der Waals surface area contributed by atoms with E-state index in [-0.39, 0.29) is 18.5 Å². The Morgan fingerprint density at radius 3 is 2.43 bits per heavy atom. The maximum absolute atomic E-state index is 12.2. The largest absolute Gasteiger partial charge is 0.494 e. The van der Waals surface area contributed by atoms with E-state index in [0.717, 1.165) is 29.6 Å². The molecular formula is C21H23NO5S. The standard InChI is InChI=1S/C21H23NO5S/c1-3-12-27-19-7-4-15(5-8-19)16-6-9-20-18(13-16)14-17(21(23)24)10-11-22(20)28(2,25)26/h4-9,13-14H,3,10-12H2,1-2H3,(H,23,24). The second-order valence-electron chi connectivity index (χ2n) is 6.71. The highest BCUT2D eigenvalue weighted by molar-refractivity contribution is 7.92. The maximum atomic E-state index is 12.2. The van der Waals surface area contributed by atoms with E-state index in [2.05, 4.69) is 0 Å². The molecule has 1 heterocycles. The van der Waals surface area contributed by atoms with Gasteiger partial charge in [0, 0.05) is 12.1 Å². The molecule has 148 valence electrons. The van der Waals surface area contributed by atoms with Gasteiger partial charge in [-0.2, -0.15) is 0 Å². The van der Waals surface area contributed by atoms with E-state index >= 15 is 0 Å². The predicted octanol–water partition coefficient (Wildman–Crippen LogP) is 3.78. The number of hydrogen-bond donors (Lipinski definition) is 1. The van der Waals surface area contributed by atoms with Gasteiger partial charge in [0.25, 0.3) is 0 Å². The number of sulfonamides is 1. The van der Waals surface area contributed by atoms with Gasteiger partial charge >= 0.3 is 5.97 Å². The number of hydrogen-bond acceptors (Lipinski definition) is 4. The fourth-order valence-electron chi connectivity index (χ4n) is 3.16. The normalized spacial score (nSPS) is 14.1. The molecule has 0 atom stereocenters. The van der Waals surface area contributed by atoms with E-state index in [0.29, 0.717) is 17.9 Å². The summed E-state index contributed by atoms with van der Waals surface area (Å²) in [4.78, 5) is 11.5. The van der Waals surface area contributed by atoms with Crippen molar-refractivity contribution >= 4 is 27.8 Å². The molecule has 0 unspecified atom stereocenters. The summed E-state index contributed by atoms with van der Waals surface area (Å²) in [7, 11) is -3.51. The van der Waals surface area contributed by atoms with Gasteiger partial charge in [-0.15, -0.1) is 0 Å². The smallest absolute Gasteiger partial charge is 0.331 e. The number of ether oxygens (including phenoxy) is 1. The van der Waals surface area contributed by atoms with E-state index in [1.807, 2.05) is 43.3 Å². The molecule has 2 aromatic rings. The van der Waals surface area contributed by atoms with Crippen LogP contribution < -0.4 is 9.04 Å². The number of fused-ring (bicyclic) bond motifs is 1. The highest BCUT2D eigenvalue weighted by Gasteiger charge is 2.25. The third-order valence-corrected chi connectivity index (χ3v) is 5.73. The Kier molecular flexibility index (Phi) is 5.74. The minimum absolute atomic E-state index is 0.104. The molecule has 0 amide bonds. The zero-order valence-corrected chi connectivity index (χ0v) is 16.7. The summed E-state index contributed by atoms with van der Waals surface area (Å²) in [5, 5.41) is 9.42. The number of carboxylic acid groups (broad SMARTS) is 1. The van der Waals surface area contributed by atoms with Crippen molar-refractivity contribution in [2.45, 2.75) is 19.8 Å². The highest BCUT2D eigenvalue weighted by Crippen LogP contribution is 2.34. The molecule has 0 fully saturated rings. The second-order valence-corrected chi connectivity index (χ2v) is 8.61. The minimum Gasteiger partial charge on any atom is -0.494 e. The fourth-order valence-corrected chi connectivity index (χ4v) is 4.10. The summed E-state index contributed by atoms with van der Waals surface area (Å²) in [5.74, 6) is -0.249. The van der Waals surface area contributed by atoms with Gasteiger partial charge in [0.15, 0.2) is 0 Å². The number of rotatable bonds is 6. The highest BCUT2D eigenvalue weighted by atomic mass is 32.2. The first kappa shape index (κ1) is 19.9. The third-order valence-electron chi connectivity index (χ3n) is 4.55. The van der Waals surface area contributed by atoms with Gasteiger partial charge in [-0.1, -0.05) is 25.1 Å². The topological polar surface area (TPSA) is 83.9 Å². The van der Waals surface area contributed by atoms with Crippen molar-refractivity contribution in [2.75, 3.05) is 23.7 Å². The molecule has 28 heavy (non-hydrogen) atoms. The van der Waals surface area contributed by atoms with Gasteiger partial charge < -0.3 is 9.84 Å². The molecule has 0 saturated heterocycles. The fraction of sp³-hybridized carbons (Fsp3) is 0.286. The van der Waals surface area contributed by atoms with Crippen LogP contribution in [-0.2, 0) is 14.8 Å². The van der Waals surface area contributed by atoms with Crippen molar-refractivity contribution in [3.05, 3.63) is 53.6 Å². The average molecular weight is 401 g/mol. The Bertz CT molecular complexity index is 1010. The lowest BCUT2D eigenvalue weighted by molar-refractivity contribution is -0.132. The van der Waals surface area contributed by atoms with Gasteiger partial charge in [0.2, 0.25) is 10.0 Å². The summed E-state index contributed by atoms with van der Waals surface area (Å²) < 4.78 is 31.3. The van der Waals surface area contributed by atoms with Gasteiger partial charge in [0.1, 0.15) is 5.75 Å². The zero-order chi connectivity index (χ0) is 20.3. The number of carboxylic acids is 1. The molecular weight excluding hydrogens is 378 g/mol. The second kappa shape index (κ2) is 8.06. The number of aliphatic carboxylic acids is 1. The molecule has 0 aliphatic carbocycles. The van der Waals surface area contributed by atoms with E-state index in [4.69, 9.17) is 4.74 Å². The van der Waals surface area contributed by atoms with Crippen LogP contribution in [0.5, 0.6) is 5.75 Å². The van der Waals surface area contributed by atoms with Crippen LogP contribution in [0.15, 0.2) is 48.0 Å². The summed E-state index contributed by atoms with van der Waals surface area (Å²) >= 11 is 0. The van der Waals surface area contributed by atoms with Gasteiger partial charge in [-0.3, -0.25) is 4.31 Å². The minimum atomic E-state index is -3.51. The SMILES string of the molecule is CCCOc1ccc(-c2ccc3c(c2)C=C(C(=O)O)CCN3S(C)(=O)=O)cc1. The molecule has 0 aromatic heterocycles. The summed E-state index contributed by atoms with van der Waals surface area (Å²) in [6.07, 6.45) is 3.77. The van der Waals surface area contributed by atoms with E-state index in [1.54, 1.807) is 12.1 Å². The van der Waals surface area contributed by atoms with Crippen LogP contribution in [0.1, 0.15) is 25.3 Å². The molecule has 3 rings (SSSR count). The van der Waals surface area contributed by atoms with Crippen molar-refractivity contribution < 1.29 is 23.1 Å². The third kappa shape index (κ3) is 4.36. The monoisotopic (exact) mass is 401 g/mol. The summed E-state index contributed by atoms with van der Waals surface area (Å²) in [6, 6.07) is 13.0. The van der Waals surface area contributed by atoms with Crippen molar-refractivity contribution in [1.82, 2.24) is 0 Å². The molecule has 0 saturated carbocycles. The molecule has 7 heteroatoms. The molecule has 0 radical (unpaired) electrons. The first-order valence-electron chi connectivity index (χ1n) is 9.08. The van der Waals surface area contributed by atoms with Crippen LogP contribution in [0.25, 0.3) is 17.2 Å². The van der Waals surface area contributed by atoms with Crippen LogP contribution in [0.2, 0.25) is 0 Å². The Morgan fingerprint density at radius 2 is 1.82 bits per heavy atom.